The highest BCUT2D eigenvalue weighted by Crippen LogP contribution is 2.19. The van der Waals surface area contributed by atoms with Crippen molar-refractivity contribution in [3.8, 4) is 0 Å². The van der Waals surface area contributed by atoms with E-state index in [9.17, 15) is 5.11 Å². The summed E-state index contributed by atoms with van der Waals surface area (Å²) < 4.78 is 0. The molecule has 0 fully saturated rings. The van der Waals surface area contributed by atoms with Crippen LogP contribution in [0.5, 0.6) is 0 Å². The first-order valence-electron chi connectivity index (χ1n) is 8.64. The molecule has 0 amide bonds. The first kappa shape index (κ1) is 15.7. The summed E-state index contributed by atoms with van der Waals surface area (Å²) >= 11 is 0. The molecule has 0 saturated heterocycles. The van der Waals surface area contributed by atoms with Crippen molar-refractivity contribution in [2.45, 2.75) is 38.3 Å². The van der Waals surface area contributed by atoms with Crippen molar-refractivity contribution >= 4 is 0 Å². The highest BCUT2D eigenvalue weighted by molar-refractivity contribution is 5.29. The van der Waals surface area contributed by atoms with Crippen LogP contribution in [-0.2, 0) is 13.0 Å². The summed E-state index contributed by atoms with van der Waals surface area (Å²) in [6, 6.07) is 8.67. The van der Waals surface area contributed by atoms with Gasteiger partial charge in [0.25, 0.3) is 0 Å². The number of hydrogen-bond donors (Lipinski definition) is 2. The maximum Gasteiger partial charge on any atom is 0.0791 e. The number of nitrogens with one attached hydrogen (secondary N) is 1. The summed E-state index contributed by atoms with van der Waals surface area (Å²) in [4.78, 5) is 2.37. The number of aliphatic hydroxyl groups excluding tert-OH is 1. The van der Waals surface area contributed by atoms with E-state index in [-0.39, 0.29) is 6.10 Å². The molecule has 0 saturated carbocycles. The molecule has 0 bridgehead atoms. The molecule has 120 valence electrons. The van der Waals surface area contributed by atoms with E-state index in [0.717, 1.165) is 38.5 Å². The minimum absolute atomic E-state index is 0.274. The lowest BCUT2D eigenvalue weighted by molar-refractivity contribution is 0.103. The van der Waals surface area contributed by atoms with Crippen molar-refractivity contribution in [3.05, 3.63) is 47.5 Å². The smallest absolute Gasteiger partial charge is 0.0791 e. The second-order valence-electron chi connectivity index (χ2n) is 6.72. The lowest BCUT2D eigenvalue weighted by atomic mass is 9.94. The van der Waals surface area contributed by atoms with Gasteiger partial charge in [-0.1, -0.05) is 36.4 Å². The van der Waals surface area contributed by atoms with E-state index in [0.29, 0.717) is 6.54 Å². The predicted octanol–water partition coefficient (Wildman–Crippen LogP) is 2.35. The molecule has 3 nitrogen and oxygen atoms in total. The predicted molar refractivity (Wildman–Crippen MR) is 90.8 cm³/mol. The van der Waals surface area contributed by atoms with Gasteiger partial charge in [0, 0.05) is 26.2 Å². The second-order valence-corrected chi connectivity index (χ2v) is 6.72. The Morgan fingerprint density at radius 2 is 2.09 bits per heavy atom. The third-order valence-corrected chi connectivity index (χ3v) is 4.87. The summed E-state index contributed by atoms with van der Waals surface area (Å²) in [7, 11) is 0. The van der Waals surface area contributed by atoms with Gasteiger partial charge in [-0.3, -0.25) is 4.90 Å². The van der Waals surface area contributed by atoms with Crippen molar-refractivity contribution < 1.29 is 5.11 Å². The first-order valence-corrected chi connectivity index (χ1v) is 8.64. The van der Waals surface area contributed by atoms with Crippen LogP contribution in [0.15, 0.2) is 36.4 Å². The van der Waals surface area contributed by atoms with E-state index >= 15 is 0 Å². The van der Waals surface area contributed by atoms with Gasteiger partial charge in [-0.05, 0) is 49.3 Å². The fourth-order valence-electron chi connectivity index (χ4n) is 3.57. The number of fused-ring (bicyclic) bond motifs is 1. The second kappa shape index (κ2) is 7.91. The highest BCUT2D eigenvalue weighted by Gasteiger charge is 2.18. The van der Waals surface area contributed by atoms with E-state index in [1.165, 1.54) is 30.4 Å². The molecule has 2 atom stereocenters. The monoisotopic (exact) mass is 300 g/mol. The Morgan fingerprint density at radius 1 is 1.23 bits per heavy atom. The summed E-state index contributed by atoms with van der Waals surface area (Å²) in [6.45, 7) is 4.54. The molecule has 0 aromatic heterocycles. The van der Waals surface area contributed by atoms with Crippen LogP contribution in [-0.4, -0.2) is 42.3 Å². The molecule has 1 aliphatic carbocycles. The lowest BCUT2D eigenvalue weighted by Gasteiger charge is -2.30. The van der Waals surface area contributed by atoms with Crippen molar-refractivity contribution in [3.63, 3.8) is 0 Å². The molecule has 2 unspecified atom stereocenters. The van der Waals surface area contributed by atoms with Crippen LogP contribution in [0, 0.1) is 5.92 Å². The lowest BCUT2D eigenvalue weighted by Crippen LogP contribution is -2.41. The number of allylic oxidation sites excluding steroid dienone is 2. The molecule has 2 aliphatic rings. The standard InChI is InChI=1S/C19H28N2O/c22-19(13-20-12-16-6-2-1-3-7-16)15-21-11-10-17-8-4-5-9-18(17)14-21/h1-2,4-5,8-9,16,19-20,22H,3,6-7,10-15H2. The Bertz CT molecular complexity index is 500. The zero-order valence-corrected chi connectivity index (χ0v) is 13.4. The molecule has 1 heterocycles. The van der Waals surface area contributed by atoms with Gasteiger partial charge in [-0.25, -0.2) is 0 Å². The topological polar surface area (TPSA) is 35.5 Å². The van der Waals surface area contributed by atoms with Crippen LogP contribution in [0.25, 0.3) is 0 Å². The van der Waals surface area contributed by atoms with Crippen LogP contribution >= 0.6 is 0 Å². The molecule has 3 heteroatoms. The summed E-state index contributed by atoms with van der Waals surface area (Å²) in [5, 5.41) is 13.7. The third-order valence-electron chi connectivity index (χ3n) is 4.87. The van der Waals surface area contributed by atoms with E-state index in [1.54, 1.807) is 0 Å². The molecule has 1 aromatic carbocycles. The van der Waals surface area contributed by atoms with Crippen LogP contribution in [0.2, 0.25) is 0 Å². The maximum atomic E-state index is 10.3. The van der Waals surface area contributed by atoms with Crippen LogP contribution in [0.4, 0.5) is 0 Å². The fraction of sp³-hybridized carbons (Fsp3) is 0.579. The summed E-state index contributed by atoms with van der Waals surface area (Å²) in [5.74, 6) is 0.749. The molecular weight excluding hydrogens is 272 g/mol. The maximum absolute atomic E-state index is 10.3. The minimum atomic E-state index is -0.274. The zero-order valence-electron chi connectivity index (χ0n) is 13.4. The van der Waals surface area contributed by atoms with E-state index in [2.05, 4.69) is 46.6 Å². The van der Waals surface area contributed by atoms with Gasteiger partial charge in [0.05, 0.1) is 6.10 Å². The van der Waals surface area contributed by atoms with Crippen molar-refractivity contribution in [2.24, 2.45) is 5.92 Å². The van der Waals surface area contributed by atoms with Gasteiger partial charge in [0.1, 0.15) is 0 Å². The fourth-order valence-corrected chi connectivity index (χ4v) is 3.57. The molecular formula is C19H28N2O. The normalized spacial score (nSPS) is 23.2. The Kier molecular flexibility index (Phi) is 5.65. The van der Waals surface area contributed by atoms with E-state index < -0.39 is 0 Å². The number of β-amino-alcohol motifs (C(OH)–C–C–N with tert-alkyl or cyclic N) is 1. The number of nitrogens with zero attached hydrogens (tertiary/aromatic N) is 1. The zero-order chi connectivity index (χ0) is 15.2. The van der Waals surface area contributed by atoms with Crippen LogP contribution < -0.4 is 5.32 Å². The van der Waals surface area contributed by atoms with E-state index in [1.807, 2.05) is 0 Å². The van der Waals surface area contributed by atoms with Crippen LogP contribution in [0.3, 0.4) is 0 Å². The largest absolute Gasteiger partial charge is 0.390 e. The molecule has 1 aliphatic heterocycles. The SMILES string of the molecule is OC(CNCC1CC=CCC1)CN1CCc2ccccc2C1. The van der Waals surface area contributed by atoms with Gasteiger partial charge in [0.15, 0.2) is 0 Å². The van der Waals surface area contributed by atoms with Crippen molar-refractivity contribution in [2.75, 3.05) is 26.2 Å². The van der Waals surface area contributed by atoms with Gasteiger partial charge in [0.2, 0.25) is 0 Å². The number of benzene rings is 1. The summed E-state index contributed by atoms with van der Waals surface area (Å²) in [5.41, 5.74) is 2.89. The van der Waals surface area contributed by atoms with Crippen molar-refractivity contribution in [1.82, 2.24) is 10.2 Å². The van der Waals surface area contributed by atoms with Crippen LogP contribution in [0.1, 0.15) is 30.4 Å². The Hall–Kier alpha value is -1.16. The minimum Gasteiger partial charge on any atom is -0.390 e. The molecule has 0 radical (unpaired) electrons. The number of hydrogen-bond acceptors (Lipinski definition) is 3. The quantitative estimate of drug-likeness (QED) is 0.792. The van der Waals surface area contributed by atoms with Gasteiger partial charge >= 0.3 is 0 Å². The number of aliphatic hydroxyl groups is 1. The van der Waals surface area contributed by atoms with Gasteiger partial charge in [-0.2, -0.15) is 0 Å². The average molecular weight is 300 g/mol. The average Bonchev–Trinajstić information content (AvgIpc) is 2.56. The van der Waals surface area contributed by atoms with Gasteiger partial charge < -0.3 is 10.4 Å². The highest BCUT2D eigenvalue weighted by atomic mass is 16.3. The number of rotatable bonds is 6. The molecule has 1 aromatic rings. The Balaban J connectivity index is 1.37. The molecule has 2 N–H and O–H groups in total. The molecule has 0 spiro atoms. The molecule has 3 rings (SSSR count). The Labute approximate surface area is 134 Å². The van der Waals surface area contributed by atoms with E-state index in [4.69, 9.17) is 0 Å². The third kappa shape index (κ3) is 4.42. The molecule has 22 heavy (non-hydrogen) atoms. The summed E-state index contributed by atoms with van der Waals surface area (Å²) in [6.07, 6.45) is 9.07. The first-order chi connectivity index (χ1) is 10.8. The Morgan fingerprint density at radius 3 is 2.91 bits per heavy atom. The van der Waals surface area contributed by atoms with Crippen molar-refractivity contribution in [1.29, 1.82) is 0 Å². The van der Waals surface area contributed by atoms with Gasteiger partial charge in [-0.15, -0.1) is 0 Å².